The molecule has 1 aliphatic rings. The van der Waals surface area contributed by atoms with Gasteiger partial charge in [0.25, 0.3) is 0 Å². The number of aliphatic hydroxyl groups excluding tert-OH is 1. The van der Waals surface area contributed by atoms with Crippen molar-refractivity contribution in [3.63, 3.8) is 0 Å². The van der Waals surface area contributed by atoms with E-state index >= 15 is 0 Å². The molecule has 2 rings (SSSR count). The minimum Gasteiger partial charge on any atom is -0.394 e. The van der Waals surface area contributed by atoms with E-state index in [4.69, 9.17) is 10.8 Å². The first-order valence-electron chi connectivity index (χ1n) is 5.53. The monoisotopic (exact) mass is 224 g/mol. The van der Waals surface area contributed by atoms with Crippen LogP contribution in [0.1, 0.15) is 12.8 Å². The SMILES string of the molecule is NC1(CO)CCN(c2cccc(F)c2)CC1. The van der Waals surface area contributed by atoms with Crippen molar-refractivity contribution in [3.8, 4) is 0 Å². The molecule has 0 aromatic heterocycles. The van der Waals surface area contributed by atoms with Crippen LogP contribution in [0.3, 0.4) is 0 Å². The highest BCUT2D eigenvalue weighted by molar-refractivity contribution is 5.47. The fraction of sp³-hybridized carbons (Fsp3) is 0.500. The summed E-state index contributed by atoms with van der Waals surface area (Å²) in [6.45, 7) is 1.55. The molecule has 0 amide bonds. The standard InChI is InChI=1S/C12H17FN2O/c13-10-2-1-3-11(8-10)15-6-4-12(14,9-16)5-7-15/h1-3,8,16H,4-7,9,14H2. The summed E-state index contributed by atoms with van der Waals surface area (Å²) in [7, 11) is 0. The van der Waals surface area contributed by atoms with E-state index in [9.17, 15) is 4.39 Å². The maximum Gasteiger partial charge on any atom is 0.125 e. The number of rotatable bonds is 2. The summed E-state index contributed by atoms with van der Waals surface area (Å²) in [4.78, 5) is 2.10. The fourth-order valence-corrected chi connectivity index (χ4v) is 2.04. The molecule has 4 heteroatoms. The Labute approximate surface area is 94.7 Å². The van der Waals surface area contributed by atoms with Crippen LogP contribution in [-0.4, -0.2) is 30.3 Å². The first kappa shape index (κ1) is 11.4. The number of anilines is 1. The lowest BCUT2D eigenvalue weighted by atomic mass is 9.89. The van der Waals surface area contributed by atoms with Gasteiger partial charge in [0.1, 0.15) is 5.82 Å². The second kappa shape index (κ2) is 4.39. The third-order valence-electron chi connectivity index (χ3n) is 3.25. The number of halogens is 1. The zero-order chi connectivity index (χ0) is 11.6. The number of nitrogens with zero attached hydrogens (tertiary/aromatic N) is 1. The molecule has 1 fully saturated rings. The Morgan fingerprint density at radius 2 is 2.06 bits per heavy atom. The normalized spacial score (nSPS) is 19.8. The van der Waals surface area contributed by atoms with Crippen molar-refractivity contribution in [3.05, 3.63) is 30.1 Å². The van der Waals surface area contributed by atoms with Crippen LogP contribution in [-0.2, 0) is 0 Å². The minimum atomic E-state index is -0.455. The number of hydrogen-bond acceptors (Lipinski definition) is 3. The molecule has 0 saturated carbocycles. The van der Waals surface area contributed by atoms with E-state index in [0.29, 0.717) is 0 Å². The number of nitrogens with two attached hydrogens (primary N) is 1. The molecule has 1 aliphatic heterocycles. The maximum absolute atomic E-state index is 13.0. The molecule has 1 aromatic rings. The summed E-state index contributed by atoms with van der Waals surface area (Å²) in [5.41, 5.74) is 6.41. The average molecular weight is 224 g/mol. The summed E-state index contributed by atoms with van der Waals surface area (Å²) < 4.78 is 13.0. The topological polar surface area (TPSA) is 49.5 Å². The van der Waals surface area contributed by atoms with Gasteiger partial charge in [-0.3, -0.25) is 0 Å². The van der Waals surface area contributed by atoms with Crippen LogP contribution in [0.2, 0.25) is 0 Å². The average Bonchev–Trinajstić information content (AvgIpc) is 2.30. The van der Waals surface area contributed by atoms with Crippen LogP contribution >= 0.6 is 0 Å². The van der Waals surface area contributed by atoms with Gasteiger partial charge in [-0.15, -0.1) is 0 Å². The highest BCUT2D eigenvalue weighted by Crippen LogP contribution is 2.24. The van der Waals surface area contributed by atoms with E-state index in [-0.39, 0.29) is 12.4 Å². The summed E-state index contributed by atoms with van der Waals surface area (Å²) in [5.74, 6) is -0.218. The van der Waals surface area contributed by atoms with Gasteiger partial charge in [-0.05, 0) is 31.0 Å². The van der Waals surface area contributed by atoms with Crippen LogP contribution in [0.25, 0.3) is 0 Å². The molecule has 0 radical (unpaired) electrons. The Bertz CT molecular complexity index is 362. The fourth-order valence-electron chi connectivity index (χ4n) is 2.04. The summed E-state index contributed by atoms with van der Waals surface area (Å²) in [6, 6.07) is 6.57. The number of piperidine rings is 1. The van der Waals surface area contributed by atoms with E-state index in [1.807, 2.05) is 6.07 Å². The van der Waals surface area contributed by atoms with Gasteiger partial charge in [-0.1, -0.05) is 6.07 Å². The number of benzene rings is 1. The number of aliphatic hydroxyl groups is 1. The van der Waals surface area contributed by atoms with Gasteiger partial charge in [0.2, 0.25) is 0 Å². The van der Waals surface area contributed by atoms with Crippen molar-refractivity contribution in [1.29, 1.82) is 0 Å². The van der Waals surface area contributed by atoms with Crippen LogP contribution in [0.15, 0.2) is 24.3 Å². The van der Waals surface area contributed by atoms with Crippen molar-refractivity contribution in [2.24, 2.45) is 5.73 Å². The smallest absolute Gasteiger partial charge is 0.125 e. The third-order valence-corrected chi connectivity index (χ3v) is 3.25. The molecule has 16 heavy (non-hydrogen) atoms. The van der Waals surface area contributed by atoms with Gasteiger partial charge in [-0.2, -0.15) is 0 Å². The lowest BCUT2D eigenvalue weighted by Crippen LogP contribution is -2.52. The Hall–Kier alpha value is -1.13. The molecule has 0 bridgehead atoms. The minimum absolute atomic E-state index is 0.0178. The highest BCUT2D eigenvalue weighted by atomic mass is 19.1. The molecule has 0 aliphatic carbocycles. The van der Waals surface area contributed by atoms with Gasteiger partial charge >= 0.3 is 0 Å². The van der Waals surface area contributed by atoms with E-state index in [0.717, 1.165) is 31.6 Å². The summed E-state index contributed by atoms with van der Waals surface area (Å²) >= 11 is 0. The first-order valence-corrected chi connectivity index (χ1v) is 5.53. The zero-order valence-corrected chi connectivity index (χ0v) is 9.19. The molecule has 0 unspecified atom stereocenters. The lowest BCUT2D eigenvalue weighted by molar-refractivity contribution is 0.170. The predicted octanol–water partition coefficient (Wildman–Crippen LogP) is 1.12. The molecule has 3 nitrogen and oxygen atoms in total. The van der Waals surface area contributed by atoms with Crippen molar-refractivity contribution in [1.82, 2.24) is 0 Å². The summed E-state index contributed by atoms with van der Waals surface area (Å²) in [5, 5.41) is 9.15. The third kappa shape index (κ3) is 2.33. The Balaban J connectivity index is 2.04. The molecule has 3 N–H and O–H groups in total. The molecular formula is C12H17FN2O. The molecule has 88 valence electrons. The van der Waals surface area contributed by atoms with E-state index in [2.05, 4.69) is 4.90 Å². The molecule has 0 atom stereocenters. The van der Waals surface area contributed by atoms with E-state index in [1.165, 1.54) is 12.1 Å². The van der Waals surface area contributed by atoms with Crippen molar-refractivity contribution in [2.75, 3.05) is 24.6 Å². The van der Waals surface area contributed by atoms with Crippen molar-refractivity contribution in [2.45, 2.75) is 18.4 Å². The van der Waals surface area contributed by atoms with Gasteiger partial charge < -0.3 is 15.7 Å². The Morgan fingerprint density at radius 1 is 1.38 bits per heavy atom. The first-order chi connectivity index (χ1) is 7.63. The Morgan fingerprint density at radius 3 is 2.62 bits per heavy atom. The van der Waals surface area contributed by atoms with Gasteiger partial charge in [0.05, 0.1) is 6.61 Å². The summed E-state index contributed by atoms with van der Waals surface area (Å²) in [6.07, 6.45) is 1.47. The second-order valence-corrected chi connectivity index (χ2v) is 4.49. The molecule has 1 aromatic carbocycles. The van der Waals surface area contributed by atoms with Crippen molar-refractivity contribution >= 4 is 5.69 Å². The maximum atomic E-state index is 13.0. The predicted molar refractivity (Wildman–Crippen MR) is 61.9 cm³/mol. The quantitative estimate of drug-likeness (QED) is 0.791. The molecule has 1 saturated heterocycles. The van der Waals surface area contributed by atoms with Crippen LogP contribution in [0, 0.1) is 5.82 Å². The largest absolute Gasteiger partial charge is 0.394 e. The molecule has 1 heterocycles. The van der Waals surface area contributed by atoms with Gasteiger partial charge in [0.15, 0.2) is 0 Å². The van der Waals surface area contributed by atoms with E-state index in [1.54, 1.807) is 6.07 Å². The van der Waals surface area contributed by atoms with E-state index < -0.39 is 5.54 Å². The van der Waals surface area contributed by atoms with Gasteiger partial charge in [-0.25, -0.2) is 4.39 Å². The van der Waals surface area contributed by atoms with Crippen LogP contribution < -0.4 is 10.6 Å². The lowest BCUT2D eigenvalue weighted by Gasteiger charge is -2.39. The molecular weight excluding hydrogens is 207 g/mol. The molecule has 0 spiro atoms. The zero-order valence-electron chi connectivity index (χ0n) is 9.19. The number of hydrogen-bond donors (Lipinski definition) is 2. The Kier molecular flexibility index (Phi) is 3.12. The van der Waals surface area contributed by atoms with Gasteiger partial charge in [0, 0.05) is 24.3 Å². The second-order valence-electron chi connectivity index (χ2n) is 4.49. The van der Waals surface area contributed by atoms with Crippen LogP contribution in [0.4, 0.5) is 10.1 Å². The highest BCUT2D eigenvalue weighted by Gasteiger charge is 2.29. The van der Waals surface area contributed by atoms with Crippen molar-refractivity contribution < 1.29 is 9.50 Å². The van der Waals surface area contributed by atoms with Crippen LogP contribution in [0.5, 0.6) is 0 Å².